The van der Waals surface area contributed by atoms with E-state index in [1.807, 2.05) is 0 Å². The van der Waals surface area contributed by atoms with Gasteiger partial charge in [0, 0.05) is 18.8 Å². The second-order valence-electron chi connectivity index (χ2n) is 5.86. The van der Waals surface area contributed by atoms with Crippen LogP contribution in [-0.2, 0) is 4.79 Å². The molecular weight excluding hydrogens is 222 g/mol. The lowest BCUT2D eigenvalue weighted by molar-refractivity contribution is -0.122. The van der Waals surface area contributed by atoms with E-state index in [9.17, 15) is 4.79 Å². The number of hydrogen-bond donors (Lipinski definition) is 1. The molecule has 0 saturated heterocycles. The number of nitrogens with one attached hydrogen (secondary N) is 1. The van der Waals surface area contributed by atoms with E-state index in [2.05, 4.69) is 39.9 Å². The maximum Gasteiger partial charge on any atom is 0.220 e. The molecule has 2 unspecified atom stereocenters. The van der Waals surface area contributed by atoms with Crippen molar-refractivity contribution in [2.45, 2.75) is 47.5 Å². The zero-order valence-corrected chi connectivity index (χ0v) is 12.0. The second kappa shape index (κ2) is 7.16. The number of alkyl halides is 1. The molecule has 1 amide bonds. The minimum Gasteiger partial charge on any atom is -0.356 e. The predicted octanol–water partition coefficient (Wildman–Crippen LogP) is 3.44. The van der Waals surface area contributed by atoms with Crippen molar-refractivity contribution in [2.75, 3.05) is 12.4 Å². The summed E-state index contributed by atoms with van der Waals surface area (Å²) in [5, 5.41) is 2.97. The Bertz CT molecular complexity index is 210. The Hall–Kier alpha value is -0.240. The highest BCUT2D eigenvalue weighted by atomic mass is 35.5. The number of carbonyl (C=O) groups excluding carboxylic acids is 1. The summed E-state index contributed by atoms with van der Waals surface area (Å²) in [4.78, 5) is 11.7. The van der Waals surface area contributed by atoms with Gasteiger partial charge in [0.1, 0.15) is 0 Å². The molecule has 0 bridgehead atoms. The van der Waals surface area contributed by atoms with E-state index >= 15 is 0 Å². The summed E-state index contributed by atoms with van der Waals surface area (Å²) in [6.07, 6.45) is 1.56. The first-order chi connectivity index (χ1) is 7.27. The van der Waals surface area contributed by atoms with Crippen LogP contribution >= 0.6 is 11.6 Å². The van der Waals surface area contributed by atoms with Gasteiger partial charge in [0.15, 0.2) is 0 Å². The van der Waals surface area contributed by atoms with Crippen LogP contribution < -0.4 is 5.32 Å². The van der Waals surface area contributed by atoms with E-state index < -0.39 is 0 Å². The molecule has 0 saturated carbocycles. The molecule has 2 nitrogen and oxygen atoms in total. The van der Waals surface area contributed by atoms with Crippen LogP contribution in [0.1, 0.15) is 47.5 Å². The molecule has 0 aliphatic rings. The maximum atomic E-state index is 11.7. The highest BCUT2D eigenvalue weighted by molar-refractivity contribution is 6.17. The molecule has 0 aliphatic carbocycles. The highest BCUT2D eigenvalue weighted by Crippen LogP contribution is 2.27. The molecule has 0 radical (unpaired) electrons. The van der Waals surface area contributed by atoms with E-state index in [0.29, 0.717) is 24.1 Å². The number of hydrogen-bond acceptors (Lipinski definition) is 1. The minimum atomic E-state index is 0.156. The van der Waals surface area contributed by atoms with Crippen LogP contribution in [-0.4, -0.2) is 18.3 Å². The fraction of sp³-hybridized carbons (Fsp3) is 0.923. The maximum absolute atomic E-state index is 11.7. The summed E-state index contributed by atoms with van der Waals surface area (Å²) in [6.45, 7) is 11.5. The molecule has 1 N–H and O–H groups in total. The molecule has 0 spiro atoms. The fourth-order valence-electron chi connectivity index (χ4n) is 1.23. The van der Waals surface area contributed by atoms with Gasteiger partial charge in [-0.15, -0.1) is 11.6 Å². The zero-order valence-electron chi connectivity index (χ0n) is 11.3. The third kappa shape index (κ3) is 7.10. The Balaban J connectivity index is 3.83. The van der Waals surface area contributed by atoms with Crippen molar-refractivity contribution in [3.05, 3.63) is 0 Å². The zero-order chi connectivity index (χ0) is 12.8. The summed E-state index contributed by atoms with van der Waals surface area (Å²) >= 11 is 5.64. The van der Waals surface area contributed by atoms with E-state index in [1.165, 1.54) is 0 Å². The normalized spacial score (nSPS) is 15.6. The van der Waals surface area contributed by atoms with Crippen LogP contribution in [0.2, 0.25) is 0 Å². The van der Waals surface area contributed by atoms with Crippen molar-refractivity contribution < 1.29 is 4.79 Å². The molecule has 0 aromatic carbocycles. The number of amides is 1. The van der Waals surface area contributed by atoms with Crippen molar-refractivity contribution in [1.29, 1.82) is 0 Å². The predicted molar refractivity (Wildman–Crippen MR) is 70.7 cm³/mol. The van der Waals surface area contributed by atoms with Gasteiger partial charge in [-0.2, -0.15) is 0 Å². The SMILES string of the molecule is CC(CCCl)CNC(=O)CC(C)C(C)(C)C. The quantitative estimate of drug-likeness (QED) is 0.716. The number of rotatable bonds is 6. The van der Waals surface area contributed by atoms with Crippen LogP contribution in [0.25, 0.3) is 0 Å². The van der Waals surface area contributed by atoms with Gasteiger partial charge >= 0.3 is 0 Å². The Labute approximate surface area is 105 Å². The molecule has 0 aliphatic heterocycles. The smallest absolute Gasteiger partial charge is 0.220 e. The third-order valence-corrected chi connectivity index (χ3v) is 3.44. The first kappa shape index (κ1) is 15.8. The molecule has 0 aromatic heterocycles. The van der Waals surface area contributed by atoms with Crippen LogP contribution in [0.5, 0.6) is 0 Å². The van der Waals surface area contributed by atoms with E-state index in [4.69, 9.17) is 11.6 Å². The third-order valence-electron chi connectivity index (χ3n) is 3.22. The average molecular weight is 248 g/mol. The Morgan fingerprint density at radius 1 is 1.31 bits per heavy atom. The van der Waals surface area contributed by atoms with Crippen LogP contribution in [0.4, 0.5) is 0 Å². The minimum absolute atomic E-state index is 0.156. The Morgan fingerprint density at radius 2 is 1.88 bits per heavy atom. The summed E-state index contributed by atoms with van der Waals surface area (Å²) in [6, 6.07) is 0. The van der Waals surface area contributed by atoms with Crippen LogP contribution in [0.3, 0.4) is 0 Å². The largest absolute Gasteiger partial charge is 0.356 e. The van der Waals surface area contributed by atoms with Crippen molar-refractivity contribution in [2.24, 2.45) is 17.3 Å². The summed E-state index contributed by atoms with van der Waals surface area (Å²) in [7, 11) is 0. The highest BCUT2D eigenvalue weighted by Gasteiger charge is 2.22. The summed E-state index contributed by atoms with van der Waals surface area (Å²) < 4.78 is 0. The molecule has 0 rings (SSSR count). The molecule has 0 aromatic rings. The standard InChI is InChI=1S/C13H26ClNO/c1-10(6-7-14)9-15-12(16)8-11(2)13(3,4)5/h10-11H,6-9H2,1-5H3,(H,15,16). The lowest BCUT2D eigenvalue weighted by atomic mass is 9.80. The molecule has 96 valence electrons. The van der Waals surface area contributed by atoms with E-state index in [1.54, 1.807) is 0 Å². The first-order valence-electron chi connectivity index (χ1n) is 6.10. The van der Waals surface area contributed by atoms with Gasteiger partial charge in [0.25, 0.3) is 0 Å². The first-order valence-corrected chi connectivity index (χ1v) is 6.63. The van der Waals surface area contributed by atoms with Crippen LogP contribution in [0, 0.1) is 17.3 Å². The molecule has 16 heavy (non-hydrogen) atoms. The van der Waals surface area contributed by atoms with Crippen molar-refractivity contribution in [3.63, 3.8) is 0 Å². The second-order valence-corrected chi connectivity index (χ2v) is 6.24. The number of halogens is 1. The van der Waals surface area contributed by atoms with Gasteiger partial charge in [-0.25, -0.2) is 0 Å². The Morgan fingerprint density at radius 3 is 2.31 bits per heavy atom. The molecule has 3 heteroatoms. The molecule has 2 atom stereocenters. The van der Waals surface area contributed by atoms with Crippen LogP contribution in [0.15, 0.2) is 0 Å². The number of carbonyl (C=O) groups is 1. The van der Waals surface area contributed by atoms with Gasteiger partial charge < -0.3 is 5.32 Å². The van der Waals surface area contributed by atoms with Gasteiger partial charge in [-0.05, 0) is 23.7 Å². The lowest BCUT2D eigenvalue weighted by Crippen LogP contribution is -2.32. The molecule has 0 fully saturated rings. The fourth-order valence-corrected chi connectivity index (χ4v) is 1.61. The van der Waals surface area contributed by atoms with Gasteiger partial charge in [-0.1, -0.05) is 34.6 Å². The lowest BCUT2D eigenvalue weighted by Gasteiger charge is -2.26. The van der Waals surface area contributed by atoms with E-state index in [-0.39, 0.29) is 11.3 Å². The van der Waals surface area contributed by atoms with Crippen molar-refractivity contribution in [1.82, 2.24) is 5.32 Å². The van der Waals surface area contributed by atoms with Gasteiger partial charge in [-0.3, -0.25) is 4.79 Å². The summed E-state index contributed by atoms with van der Waals surface area (Å²) in [5.41, 5.74) is 0.194. The van der Waals surface area contributed by atoms with Gasteiger partial charge in [0.05, 0.1) is 0 Å². The topological polar surface area (TPSA) is 29.1 Å². The average Bonchev–Trinajstić information content (AvgIpc) is 2.13. The van der Waals surface area contributed by atoms with E-state index in [0.717, 1.165) is 13.0 Å². The monoisotopic (exact) mass is 247 g/mol. The van der Waals surface area contributed by atoms with Gasteiger partial charge in [0.2, 0.25) is 5.91 Å². The Kier molecular flexibility index (Phi) is 7.05. The van der Waals surface area contributed by atoms with Crippen molar-refractivity contribution in [3.8, 4) is 0 Å². The molecular formula is C13H26ClNO. The molecule has 0 heterocycles. The van der Waals surface area contributed by atoms with Crippen molar-refractivity contribution >= 4 is 17.5 Å². The summed E-state index contributed by atoms with van der Waals surface area (Å²) in [5.74, 6) is 1.68.